The van der Waals surface area contributed by atoms with Crippen molar-refractivity contribution in [2.75, 3.05) is 12.5 Å². The fraction of sp³-hybridized carbons (Fsp3) is 0.235. The number of nitrogens with zero attached hydrogens (tertiary/aromatic N) is 1. The third kappa shape index (κ3) is 1.56. The van der Waals surface area contributed by atoms with E-state index in [1.807, 2.05) is 12.1 Å². The number of benzene rings is 2. The molecule has 20 heavy (non-hydrogen) atoms. The molecule has 0 unspecified atom stereocenters. The van der Waals surface area contributed by atoms with E-state index in [4.69, 9.17) is 4.74 Å². The monoisotopic (exact) mass is 264 g/mol. The maximum absolute atomic E-state index is 5.37. The topological polar surface area (TPSA) is 33.6 Å². The summed E-state index contributed by atoms with van der Waals surface area (Å²) < 4.78 is 5.37. The van der Waals surface area contributed by atoms with Crippen molar-refractivity contribution < 1.29 is 4.74 Å². The van der Waals surface area contributed by atoms with Gasteiger partial charge in [0.25, 0.3) is 0 Å². The highest BCUT2D eigenvalue weighted by Crippen LogP contribution is 2.55. The fourth-order valence-electron chi connectivity index (χ4n) is 3.06. The summed E-state index contributed by atoms with van der Waals surface area (Å²) in [6.45, 7) is 0. The molecular formula is C17H16N2O. The van der Waals surface area contributed by atoms with Gasteiger partial charge >= 0.3 is 0 Å². The molecule has 2 aliphatic rings. The molecule has 1 heterocycles. The maximum atomic E-state index is 5.37. The molecule has 0 radical (unpaired) electrons. The van der Waals surface area contributed by atoms with Crippen LogP contribution in [0, 0.1) is 0 Å². The highest BCUT2D eigenvalue weighted by Gasteiger charge is 2.52. The second-order valence-corrected chi connectivity index (χ2v) is 5.43. The standard InChI is InChI=1S/C17H16N2O/c1-20-13-7-8-15-14(11-13)17(9-10-17)16(19-18-15)12-5-3-2-4-6-12/h2-8,11,18H,9-10H2,1H3. The summed E-state index contributed by atoms with van der Waals surface area (Å²) in [6.07, 6.45) is 2.31. The molecule has 3 nitrogen and oxygen atoms in total. The Balaban J connectivity index is 1.84. The Kier molecular flexibility index (Phi) is 2.36. The molecule has 3 heteroatoms. The van der Waals surface area contributed by atoms with E-state index in [-0.39, 0.29) is 5.41 Å². The molecule has 1 aliphatic carbocycles. The van der Waals surface area contributed by atoms with Crippen molar-refractivity contribution in [1.82, 2.24) is 0 Å². The average molecular weight is 264 g/mol. The zero-order valence-electron chi connectivity index (χ0n) is 11.4. The predicted molar refractivity (Wildman–Crippen MR) is 80.5 cm³/mol. The lowest BCUT2D eigenvalue weighted by molar-refractivity contribution is 0.414. The first-order valence-electron chi connectivity index (χ1n) is 6.92. The SMILES string of the molecule is COc1ccc2c(c1)C1(CC1)C(c1ccccc1)=NN2. The van der Waals surface area contributed by atoms with E-state index in [2.05, 4.69) is 46.9 Å². The highest BCUT2D eigenvalue weighted by molar-refractivity contribution is 6.12. The van der Waals surface area contributed by atoms with Crippen LogP contribution in [-0.2, 0) is 5.41 Å². The van der Waals surface area contributed by atoms with Gasteiger partial charge in [0.05, 0.1) is 18.5 Å². The molecule has 1 saturated carbocycles. The van der Waals surface area contributed by atoms with Crippen LogP contribution in [0.1, 0.15) is 24.0 Å². The molecule has 1 spiro atoms. The number of hydrogen-bond donors (Lipinski definition) is 1. The van der Waals surface area contributed by atoms with Crippen molar-refractivity contribution in [1.29, 1.82) is 0 Å². The first-order valence-corrected chi connectivity index (χ1v) is 6.92. The van der Waals surface area contributed by atoms with E-state index in [1.165, 1.54) is 11.1 Å². The fourth-order valence-corrected chi connectivity index (χ4v) is 3.06. The first-order chi connectivity index (χ1) is 9.83. The Hall–Kier alpha value is -2.29. The molecule has 0 bridgehead atoms. The number of methoxy groups -OCH3 is 1. The predicted octanol–water partition coefficient (Wildman–Crippen LogP) is 3.56. The van der Waals surface area contributed by atoms with Crippen molar-refractivity contribution in [3.05, 3.63) is 59.7 Å². The van der Waals surface area contributed by atoms with Gasteiger partial charge in [0.1, 0.15) is 5.75 Å². The lowest BCUT2D eigenvalue weighted by atomic mass is 9.84. The molecule has 1 aliphatic heterocycles. The van der Waals surface area contributed by atoms with Gasteiger partial charge in [-0.2, -0.15) is 5.10 Å². The van der Waals surface area contributed by atoms with Gasteiger partial charge in [-0.25, -0.2) is 0 Å². The van der Waals surface area contributed by atoms with Crippen LogP contribution in [0.25, 0.3) is 0 Å². The molecule has 0 saturated heterocycles. The van der Waals surface area contributed by atoms with Crippen molar-refractivity contribution in [3.8, 4) is 5.75 Å². The number of anilines is 1. The van der Waals surface area contributed by atoms with Gasteiger partial charge in [0.2, 0.25) is 0 Å². The molecule has 100 valence electrons. The van der Waals surface area contributed by atoms with Crippen LogP contribution in [0.15, 0.2) is 53.6 Å². The van der Waals surface area contributed by atoms with Gasteiger partial charge in [0.15, 0.2) is 0 Å². The molecule has 0 aromatic heterocycles. The number of ether oxygens (including phenoxy) is 1. The Morgan fingerprint density at radius 2 is 1.90 bits per heavy atom. The second kappa shape index (κ2) is 4.10. The van der Waals surface area contributed by atoms with Crippen molar-refractivity contribution in [2.45, 2.75) is 18.3 Å². The van der Waals surface area contributed by atoms with Crippen LogP contribution in [0.2, 0.25) is 0 Å². The third-order valence-corrected chi connectivity index (χ3v) is 4.28. The smallest absolute Gasteiger partial charge is 0.119 e. The van der Waals surface area contributed by atoms with Gasteiger partial charge < -0.3 is 4.74 Å². The van der Waals surface area contributed by atoms with Crippen LogP contribution in [-0.4, -0.2) is 12.8 Å². The summed E-state index contributed by atoms with van der Waals surface area (Å²) in [5, 5.41) is 4.64. The maximum Gasteiger partial charge on any atom is 0.119 e. The van der Waals surface area contributed by atoms with Gasteiger partial charge in [0, 0.05) is 5.41 Å². The Labute approximate surface area is 118 Å². The molecule has 2 aromatic rings. The van der Waals surface area contributed by atoms with E-state index in [0.29, 0.717) is 0 Å². The number of rotatable bonds is 2. The van der Waals surface area contributed by atoms with E-state index in [1.54, 1.807) is 7.11 Å². The molecule has 4 rings (SSSR count). The van der Waals surface area contributed by atoms with Crippen LogP contribution in [0.4, 0.5) is 5.69 Å². The van der Waals surface area contributed by atoms with Crippen molar-refractivity contribution in [2.24, 2.45) is 5.10 Å². The lowest BCUT2D eigenvalue weighted by Gasteiger charge is -2.27. The van der Waals surface area contributed by atoms with Crippen LogP contribution >= 0.6 is 0 Å². The lowest BCUT2D eigenvalue weighted by Crippen LogP contribution is -2.27. The minimum Gasteiger partial charge on any atom is -0.497 e. The van der Waals surface area contributed by atoms with Gasteiger partial charge in [-0.05, 0) is 42.2 Å². The molecular weight excluding hydrogens is 248 g/mol. The number of nitrogens with one attached hydrogen (secondary N) is 1. The quantitative estimate of drug-likeness (QED) is 0.899. The summed E-state index contributed by atoms with van der Waals surface area (Å²) in [5.41, 5.74) is 8.03. The summed E-state index contributed by atoms with van der Waals surface area (Å²) in [4.78, 5) is 0. The second-order valence-electron chi connectivity index (χ2n) is 5.43. The zero-order chi connectivity index (χ0) is 13.6. The molecule has 0 atom stereocenters. The normalized spacial score (nSPS) is 17.9. The summed E-state index contributed by atoms with van der Waals surface area (Å²) >= 11 is 0. The third-order valence-electron chi connectivity index (χ3n) is 4.28. The van der Waals surface area contributed by atoms with Gasteiger partial charge in [-0.15, -0.1) is 0 Å². The average Bonchev–Trinajstić information content (AvgIpc) is 3.29. The highest BCUT2D eigenvalue weighted by atomic mass is 16.5. The van der Waals surface area contributed by atoms with Crippen LogP contribution in [0.5, 0.6) is 5.75 Å². The molecule has 0 amide bonds. The Morgan fingerprint density at radius 3 is 2.60 bits per heavy atom. The number of hydrazone groups is 1. The molecule has 2 aromatic carbocycles. The summed E-state index contributed by atoms with van der Waals surface area (Å²) in [7, 11) is 1.71. The van der Waals surface area contributed by atoms with E-state index in [9.17, 15) is 0 Å². The van der Waals surface area contributed by atoms with Crippen LogP contribution < -0.4 is 10.2 Å². The summed E-state index contributed by atoms with van der Waals surface area (Å²) in [5.74, 6) is 0.908. The van der Waals surface area contributed by atoms with Gasteiger partial charge in [-0.1, -0.05) is 30.3 Å². The number of fused-ring (bicyclic) bond motifs is 2. The van der Waals surface area contributed by atoms with E-state index in [0.717, 1.165) is 30.0 Å². The van der Waals surface area contributed by atoms with Crippen molar-refractivity contribution >= 4 is 11.4 Å². The van der Waals surface area contributed by atoms with Crippen molar-refractivity contribution in [3.63, 3.8) is 0 Å². The van der Waals surface area contributed by atoms with Crippen LogP contribution in [0.3, 0.4) is 0 Å². The minimum atomic E-state index is 0.0798. The van der Waals surface area contributed by atoms with E-state index < -0.39 is 0 Å². The minimum absolute atomic E-state index is 0.0798. The Bertz CT molecular complexity index is 687. The molecule has 1 N–H and O–H groups in total. The number of hydrogen-bond acceptors (Lipinski definition) is 3. The van der Waals surface area contributed by atoms with Gasteiger partial charge in [-0.3, -0.25) is 5.43 Å². The Morgan fingerprint density at radius 1 is 1.10 bits per heavy atom. The molecule has 1 fully saturated rings. The zero-order valence-corrected chi connectivity index (χ0v) is 11.4. The summed E-state index contributed by atoms with van der Waals surface area (Å²) in [6, 6.07) is 16.6. The van der Waals surface area contributed by atoms with E-state index >= 15 is 0 Å². The largest absolute Gasteiger partial charge is 0.497 e. The first kappa shape index (κ1) is 11.5.